The van der Waals surface area contributed by atoms with Crippen molar-refractivity contribution in [3.8, 4) is 0 Å². The minimum atomic E-state index is -1.62. The maximum atomic E-state index is 13.7. The fourth-order valence-electron chi connectivity index (χ4n) is 2.02. The maximum Gasteiger partial charge on any atom is 0.274 e. The number of nitrogens with one attached hydrogen (secondary N) is 2. The highest BCUT2D eigenvalue weighted by Crippen LogP contribution is 2.22. The van der Waals surface area contributed by atoms with Gasteiger partial charge in [0.1, 0.15) is 5.69 Å². The summed E-state index contributed by atoms with van der Waals surface area (Å²) in [4.78, 5) is 20.0. The van der Waals surface area contributed by atoms with Gasteiger partial charge in [0.25, 0.3) is 5.91 Å². The molecule has 3 aromatic rings. The van der Waals surface area contributed by atoms with Gasteiger partial charge in [-0.15, -0.1) is 0 Å². The van der Waals surface area contributed by atoms with E-state index in [0.29, 0.717) is 10.7 Å². The largest absolute Gasteiger partial charge is 0.322 e. The van der Waals surface area contributed by atoms with Gasteiger partial charge in [0, 0.05) is 16.9 Å². The number of hydrogen-bond acceptors (Lipinski definition) is 4. The lowest BCUT2D eigenvalue weighted by Gasteiger charge is -2.09. The lowest BCUT2D eigenvalue weighted by atomic mass is 10.3. The molecule has 0 saturated carbocycles. The fourth-order valence-corrected chi connectivity index (χ4v) is 2.14. The lowest BCUT2D eigenvalue weighted by molar-refractivity contribution is 0.102. The van der Waals surface area contributed by atoms with E-state index in [9.17, 15) is 18.0 Å². The summed E-state index contributed by atoms with van der Waals surface area (Å²) in [5.74, 6) is -5.04. The molecule has 9 heteroatoms. The lowest BCUT2D eigenvalue weighted by Crippen LogP contribution is -2.15. The summed E-state index contributed by atoms with van der Waals surface area (Å²) in [5.41, 5.74) is 0.124. The predicted octanol–water partition coefficient (Wildman–Crippen LogP) is 4.54. The maximum absolute atomic E-state index is 13.7. The molecule has 0 spiro atoms. The number of carbonyl (C=O) groups excluding carboxylic acids is 1. The van der Waals surface area contributed by atoms with Crippen LogP contribution in [0, 0.1) is 17.5 Å². The highest BCUT2D eigenvalue weighted by atomic mass is 35.5. The van der Waals surface area contributed by atoms with Gasteiger partial charge in [0.15, 0.2) is 17.5 Å². The second-order valence-corrected chi connectivity index (χ2v) is 5.51. The second-order valence-electron chi connectivity index (χ2n) is 5.07. The van der Waals surface area contributed by atoms with Crippen molar-refractivity contribution in [2.45, 2.75) is 0 Å². The number of halogens is 4. The molecule has 2 aromatic carbocycles. The Bertz CT molecular complexity index is 967. The molecule has 0 saturated heterocycles. The van der Waals surface area contributed by atoms with Crippen LogP contribution in [0.15, 0.2) is 48.7 Å². The van der Waals surface area contributed by atoms with Crippen LogP contribution in [0.3, 0.4) is 0 Å². The molecule has 0 fully saturated rings. The molecular weight excluding hydrogens is 369 g/mol. The normalized spacial score (nSPS) is 10.5. The van der Waals surface area contributed by atoms with E-state index in [4.69, 9.17) is 11.6 Å². The first kappa shape index (κ1) is 17.7. The molecule has 1 heterocycles. The van der Waals surface area contributed by atoms with E-state index in [1.165, 1.54) is 12.3 Å². The number of amides is 1. The molecule has 1 aromatic heterocycles. The number of hydrogen-bond donors (Lipinski definition) is 2. The van der Waals surface area contributed by atoms with Crippen LogP contribution in [0.4, 0.5) is 30.5 Å². The zero-order valence-corrected chi connectivity index (χ0v) is 13.7. The van der Waals surface area contributed by atoms with Crippen molar-refractivity contribution in [1.29, 1.82) is 0 Å². The first-order valence-corrected chi connectivity index (χ1v) is 7.62. The molecule has 0 aliphatic heterocycles. The minimum absolute atomic E-state index is 0.0135. The first-order valence-electron chi connectivity index (χ1n) is 7.24. The number of aromatic nitrogens is 2. The molecule has 0 bridgehead atoms. The van der Waals surface area contributed by atoms with Gasteiger partial charge in [-0.3, -0.25) is 4.79 Å². The van der Waals surface area contributed by atoms with Crippen LogP contribution in [-0.2, 0) is 0 Å². The highest BCUT2D eigenvalue weighted by molar-refractivity contribution is 6.30. The molecule has 0 aliphatic carbocycles. The van der Waals surface area contributed by atoms with Crippen molar-refractivity contribution in [3.63, 3.8) is 0 Å². The van der Waals surface area contributed by atoms with Crippen LogP contribution < -0.4 is 10.6 Å². The van der Waals surface area contributed by atoms with E-state index < -0.39 is 23.4 Å². The molecule has 2 N–H and O–H groups in total. The van der Waals surface area contributed by atoms with Crippen LogP contribution in [0.5, 0.6) is 0 Å². The van der Waals surface area contributed by atoms with Crippen molar-refractivity contribution in [3.05, 3.63) is 76.8 Å². The van der Waals surface area contributed by atoms with E-state index in [1.807, 2.05) is 0 Å². The zero-order chi connectivity index (χ0) is 18.7. The number of rotatable bonds is 4. The molecule has 0 aliphatic rings. The number of benzene rings is 2. The van der Waals surface area contributed by atoms with Crippen LogP contribution >= 0.6 is 11.6 Å². The summed E-state index contributed by atoms with van der Waals surface area (Å²) >= 11 is 5.77. The summed E-state index contributed by atoms with van der Waals surface area (Å²) < 4.78 is 39.9. The summed E-state index contributed by atoms with van der Waals surface area (Å²) in [6.07, 6.45) is 1.27. The molecule has 26 heavy (non-hydrogen) atoms. The van der Waals surface area contributed by atoms with Crippen LogP contribution in [-0.4, -0.2) is 15.9 Å². The van der Waals surface area contributed by atoms with Crippen LogP contribution in [0.2, 0.25) is 5.02 Å². The van der Waals surface area contributed by atoms with E-state index in [0.717, 1.165) is 12.1 Å². The molecule has 0 atom stereocenters. The number of anilines is 3. The Kier molecular flexibility index (Phi) is 5.04. The Hall–Kier alpha value is -3.13. The average molecular weight is 379 g/mol. The van der Waals surface area contributed by atoms with Gasteiger partial charge in [-0.25, -0.2) is 23.1 Å². The smallest absolute Gasteiger partial charge is 0.274 e. The monoisotopic (exact) mass is 378 g/mol. The standard InChI is InChI=1S/C17H10ClF3N4O/c18-9-1-3-10(4-2-9)23-16(26)13-7-8-22-17(25-13)24-12-6-5-11(19)14(20)15(12)21/h1-8H,(H,23,26)(H,22,24,25). The third-order valence-corrected chi connectivity index (χ3v) is 3.52. The van der Waals surface area contributed by atoms with Crippen LogP contribution in [0.25, 0.3) is 0 Å². The van der Waals surface area contributed by atoms with E-state index >= 15 is 0 Å². The van der Waals surface area contributed by atoms with E-state index in [1.54, 1.807) is 24.3 Å². The highest BCUT2D eigenvalue weighted by Gasteiger charge is 2.15. The summed E-state index contributed by atoms with van der Waals surface area (Å²) in [7, 11) is 0. The summed E-state index contributed by atoms with van der Waals surface area (Å²) in [5, 5.41) is 5.53. The van der Waals surface area contributed by atoms with Crippen molar-refractivity contribution in [1.82, 2.24) is 9.97 Å². The Labute approximate surface area is 150 Å². The van der Waals surface area contributed by atoms with Gasteiger partial charge in [-0.05, 0) is 42.5 Å². The Morgan fingerprint density at radius 2 is 1.69 bits per heavy atom. The summed E-state index contributed by atoms with van der Waals surface area (Å²) in [6.45, 7) is 0. The van der Waals surface area contributed by atoms with Gasteiger partial charge in [-0.2, -0.15) is 0 Å². The number of nitrogens with zero attached hydrogens (tertiary/aromatic N) is 2. The SMILES string of the molecule is O=C(Nc1ccc(Cl)cc1)c1ccnc(Nc2ccc(F)c(F)c2F)n1. The van der Waals surface area contributed by atoms with Gasteiger partial charge >= 0.3 is 0 Å². The number of carbonyl (C=O) groups is 1. The van der Waals surface area contributed by atoms with Crippen molar-refractivity contribution in [2.24, 2.45) is 0 Å². The molecule has 5 nitrogen and oxygen atoms in total. The van der Waals surface area contributed by atoms with Crippen molar-refractivity contribution < 1.29 is 18.0 Å². The van der Waals surface area contributed by atoms with E-state index in [-0.39, 0.29) is 17.3 Å². The second kappa shape index (κ2) is 7.40. The zero-order valence-electron chi connectivity index (χ0n) is 12.9. The molecule has 0 unspecified atom stereocenters. The quantitative estimate of drug-likeness (QED) is 0.654. The third-order valence-electron chi connectivity index (χ3n) is 3.27. The van der Waals surface area contributed by atoms with Gasteiger partial charge < -0.3 is 10.6 Å². The third kappa shape index (κ3) is 3.92. The Balaban J connectivity index is 1.79. The van der Waals surface area contributed by atoms with Gasteiger partial charge in [0.05, 0.1) is 5.69 Å². The van der Waals surface area contributed by atoms with Gasteiger partial charge in [0.2, 0.25) is 5.95 Å². The summed E-state index contributed by atoms with van der Waals surface area (Å²) in [6, 6.07) is 9.54. The topological polar surface area (TPSA) is 66.9 Å². The molecule has 0 radical (unpaired) electrons. The Morgan fingerprint density at radius 1 is 0.962 bits per heavy atom. The van der Waals surface area contributed by atoms with Crippen LogP contribution in [0.1, 0.15) is 10.5 Å². The molecule has 3 rings (SSSR count). The fraction of sp³-hybridized carbons (Fsp3) is 0. The van der Waals surface area contributed by atoms with Gasteiger partial charge in [-0.1, -0.05) is 11.6 Å². The predicted molar refractivity (Wildman–Crippen MR) is 91.0 cm³/mol. The molecular formula is C17H10ClF3N4O. The average Bonchev–Trinajstić information content (AvgIpc) is 2.64. The van der Waals surface area contributed by atoms with Crippen molar-refractivity contribution in [2.75, 3.05) is 10.6 Å². The Morgan fingerprint density at radius 3 is 2.42 bits per heavy atom. The first-order chi connectivity index (χ1) is 12.4. The molecule has 1 amide bonds. The molecule has 132 valence electrons. The minimum Gasteiger partial charge on any atom is -0.322 e. The van der Waals surface area contributed by atoms with E-state index in [2.05, 4.69) is 20.6 Å². The van der Waals surface area contributed by atoms with Crippen molar-refractivity contribution >= 4 is 34.8 Å².